The van der Waals surface area contributed by atoms with E-state index in [1.807, 2.05) is 20.8 Å². The van der Waals surface area contributed by atoms with Crippen molar-refractivity contribution in [3.63, 3.8) is 0 Å². The minimum atomic E-state index is -1.81. The van der Waals surface area contributed by atoms with Crippen molar-refractivity contribution in [2.24, 2.45) is 50.2 Å². The summed E-state index contributed by atoms with van der Waals surface area (Å²) in [6.07, 6.45) is -10.6. The normalized spacial score (nSPS) is 56.1. The van der Waals surface area contributed by atoms with Crippen LogP contribution >= 0.6 is 0 Å². The first-order chi connectivity index (χ1) is 26.6. The molecule has 0 aromatic heterocycles. The van der Waals surface area contributed by atoms with Gasteiger partial charge in [-0.2, -0.15) is 0 Å². The fourth-order valence-corrected chi connectivity index (χ4v) is 13.8. The third kappa shape index (κ3) is 6.39. The maximum atomic E-state index is 12.5. The van der Waals surface area contributed by atoms with E-state index in [0.29, 0.717) is 19.3 Å². The molecule has 21 unspecified atom stereocenters. The Morgan fingerprint density at radius 1 is 0.649 bits per heavy atom. The van der Waals surface area contributed by atoms with Crippen LogP contribution in [0.15, 0.2) is 11.6 Å². The zero-order chi connectivity index (χ0) is 41.8. The molecule has 0 radical (unpaired) electrons. The van der Waals surface area contributed by atoms with E-state index in [0.717, 1.165) is 25.7 Å². The van der Waals surface area contributed by atoms with Gasteiger partial charge in [-0.1, -0.05) is 53.2 Å². The van der Waals surface area contributed by atoms with Crippen LogP contribution in [0.3, 0.4) is 0 Å². The lowest BCUT2D eigenvalue weighted by Gasteiger charge is -2.72. The van der Waals surface area contributed by atoms with Crippen molar-refractivity contribution in [2.75, 3.05) is 26.4 Å². The Morgan fingerprint density at radius 3 is 1.89 bits per heavy atom. The fraction of sp³-hybridized carbons (Fsp3) is 0.952. The van der Waals surface area contributed by atoms with Gasteiger partial charge < -0.3 is 75.1 Å². The Balaban J connectivity index is 1.19. The number of aliphatic hydroxyl groups excluding tert-OH is 11. The summed E-state index contributed by atoms with van der Waals surface area (Å²) >= 11 is 0. The average Bonchev–Trinajstić information content (AvgIpc) is 3.16. The molecule has 5 aliphatic carbocycles. The van der Waals surface area contributed by atoms with Crippen molar-refractivity contribution in [1.29, 1.82) is 0 Å². The lowest BCUT2D eigenvalue weighted by molar-refractivity contribution is -0.378. The molecule has 6 fully saturated rings. The summed E-state index contributed by atoms with van der Waals surface area (Å²) in [4.78, 5) is 0. The molecule has 4 saturated carbocycles. The minimum Gasteiger partial charge on any atom is -0.396 e. The Morgan fingerprint density at radius 2 is 1.28 bits per heavy atom. The quantitative estimate of drug-likeness (QED) is 0.111. The first-order valence-electron chi connectivity index (χ1n) is 21.2. The van der Waals surface area contributed by atoms with Gasteiger partial charge in [0.1, 0.15) is 48.8 Å². The second-order valence-electron chi connectivity index (χ2n) is 20.7. The van der Waals surface area contributed by atoms with E-state index in [1.165, 1.54) is 5.57 Å². The Hall–Kier alpha value is -0.860. The van der Waals surface area contributed by atoms with Crippen LogP contribution in [-0.2, 0) is 18.9 Å². The second-order valence-corrected chi connectivity index (χ2v) is 20.7. The third-order valence-electron chi connectivity index (χ3n) is 17.7. The van der Waals surface area contributed by atoms with Crippen molar-refractivity contribution in [3.05, 3.63) is 11.6 Å². The maximum absolute atomic E-state index is 12.5. The largest absolute Gasteiger partial charge is 0.396 e. The number of hydrogen-bond donors (Lipinski definition) is 11. The van der Waals surface area contributed by atoms with E-state index in [4.69, 9.17) is 18.9 Å². The molecule has 0 bridgehead atoms. The van der Waals surface area contributed by atoms with Gasteiger partial charge in [0, 0.05) is 10.8 Å². The van der Waals surface area contributed by atoms with Crippen molar-refractivity contribution in [2.45, 2.75) is 173 Å². The summed E-state index contributed by atoms with van der Waals surface area (Å²) in [6, 6.07) is 0. The van der Waals surface area contributed by atoms with Crippen molar-refractivity contribution in [3.8, 4) is 0 Å². The summed E-state index contributed by atoms with van der Waals surface area (Å²) in [5.41, 5.74) is -1.74. The van der Waals surface area contributed by atoms with E-state index >= 15 is 0 Å². The van der Waals surface area contributed by atoms with Crippen LogP contribution in [0, 0.1) is 50.2 Å². The van der Waals surface area contributed by atoms with Crippen LogP contribution in [0.4, 0.5) is 0 Å². The molecular weight excluding hydrogens is 744 g/mol. The molecule has 0 spiro atoms. The van der Waals surface area contributed by atoms with Crippen LogP contribution in [-0.4, -0.2) is 162 Å². The van der Waals surface area contributed by atoms with Crippen LogP contribution < -0.4 is 0 Å². The number of aliphatic hydroxyl groups is 11. The highest BCUT2D eigenvalue weighted by Crippen LogP contribution is 2.75. The maximum Gasteiger partial charge on any atom is 0.187 e. The summed E-state index contributed by atoms with van der Waals surface area (Å²) in [6.45, 7) is 11.3. The highest BCUT2D eigenvalue weighted by atomic mass is 16.8. The predicted molar refractivity (Wildman–Crippen MR) is 202 cm³/mol. The molecule has 11 N–H and O–H groups in total. The summed E-state index contributed by atoms with van der Waals surface area (Å²) < 4.78 is 24.2. The lowest BCUT2D eigenvalue weighted by atomic mass is 9.33. The molecule has 21 atom stereocenters. The van der Waals surface area contributed by atoms with Gasteiger partial charge in [0.2, 0.25) is 0 Å². The smallest absolute Gasteiger partial charge is 0.187 e. The van der Waals surface area contributed by atoms with Gasteiger partial charge in [-0.25, -0.2) is 0 Å². The number of ether oxygens (including phenoxy) is 4. The molecule has 7 rings (SSSR count). The summed E-state index contributed by atoms with van der Waals surface area (Å²) in [5, 5.41) is 119. The summed E-state index contributed by atoms with van der Waals surface area (Å²) in [5.74, 6) is 0.187. The number of rotatable bonds is 8. The first kappa shape index (κ1) is 44.2. The van der Waals surface area contributed by atoms with E-state index in [-0.39, 0.29) is 48.2 Å². The van der Waals surface area contributed by atoms with Crippen LogP contribution in [0.25, 0.3) is 0 Å². The molecular formula is C42H70O15. The Labute approximate surface area is 335 Å². The highest BCUT2D eigenvalue weighted by Gasteiger charge is 2.71. The van der Waals surface area contributed by atoms with Crippen LogP contribution in [0.1, 0.15) is 92.9 Å². The van der Waals surface area contributed by atoms with Crippen LogP contribution in [0.2, 0.25) is 0 Å². The number of hydrogen-bond acceptors (Lipinski definition) is 15. The van der Waals surface area contributed by atoms with Gasteiger partial charge in [-0.05, 0) is 90.8 Å². The molecule has 2 saturated heterocycles. The third-order valence-corrected chi connectivity index (χ3v) is 17.7. The monoisotopic (exact) mass is 814 g/mol. The topological polar surface area (TPSA) is 259 Å². The molecule has 15 heteroatoms. The molecule has 0 aromatic rings. The lowest BCUT2D eigenvalue weighted by Crippen LogP contribution is -2.69. The van der Waals surface area contributed by atoms with Gasteiger partial charge in [-0.3, -0.25) is 0 Å². The fourth-order valence-electron chi connectivity index (χ4n) is 13.8. The molecule has 15 nitrogen and oxygen atoms in total. The zero-order valence-electron chi connectivity index (χ0n) is 34.4. The van der Waals surface area contributed by atoms with Crippen molar-refractivity contribution < 1.29 is 75.1 Å². The Bertz CT molecular complexity index is 1490. The second kappa shape index (κ2) is 15.2. The average molecular weight is 815 g/mol. The molecule has 2 heterocycles. The molecule has 2 aliphatic heterocycles. The van der Waals surface area contributed by atoms with Gasteiger partial charge in [0.05, 0.1) is 44.7 Å². The van der Waals surface area contributed by atoms with E-state index in [1.54, 1.807) is 0 Å². The van der Waals surface area contributed by atoms with E-state index in [9.17, 15) is 56.2 Å². The van der Waals surface area contributed by atoms with E-state index in [2.05, 4.69) is 26.8 Å². The summed E-state index contributed by atoms with van der Waals surface area (Å²) in [7, 11) is 0. The SMILES string of the molecule is CC1(C)CC2C3=CCC4C5(C)CCC(O)C(C)(CO)C5CCC4(C)C3(C)CC(O)C2(CO)CC1OC1OC(CO)C(O)C(O)C1OC1OC(CO)C(O)C(O)C1O. The first-order valence-corrected chi connectivity index (χ1v) is 21.2. The van der Waals surface area contributed by atoms with E-state index < -0.39 is 115 Å². The molecule has 328 valence electrons. The molecule has 7 aliphatic rings. The van der Waals surface area contributed by atoms with Gasteiger partial charge in [0.15, 0.2) is 12.6 Å². The molecule has 57 heavy (non-hydrogen) atoms. The van der Waals surface area contributed by atoms with Crippen LogP contribution in [0.5, 0.6) is 0 Å². The van der Waals surface area contributed by atoms with Crippen molar-refractivity contribution >= 4 is 0 Å². The zero-order valence-corrected chi connectivity index (χ0v) is 34.4. The van der Waals surface area contributed by atoms with Gasteiger partial charge >= 0.3 is 0 Å². The molecule has 0 amide bonds. The standard InChI is InChI=1S/C42H70O15/c1-37(2)13-21-20-7-8-25-38(3)11-10-26(47)39(4,18-45)24(38)9-12-40(25,5)41(20,6)14-27(48)42(21,19-46)15-28(37)56-36-34(32(52)30(50)23(17-44)55-36)57-35-33(53)31(51)29(49)22(16-43)54-35/h7,21-36,43-53H,8-19H2,1-6H3. The van der Waals surface area contributed by atoms with Gasteiger partial charge in [-0.15, -0.1) is 0 Å². The van der Waals surface area contributed by atoms with Gasteiger partial charge in [0.25, 0.3) is 0 Å². The molecule has 0 aromatic carbocycles. The van der Waals surface area contributed by atoms with Crippen molar-refractivity contribution in [1.82, 2.24) is 0 Å². The minimum absolute atomic E-state index is 0.0684. The number of fused-ring (bicyclic) bond motifs is 7. The Kier molecular flexibility index (Phi) is 11.8. The number of allylic oxidation sites excluding steroid dienone is 2. The predicted octanol–water partition coefficient (Wildman–Crippen LogP) is -0.296. The highest BCUT2D eigenvalue weighted by molar-refractivity contribution is 5.35.